The van der Waals surface area contributed by atoms with Crippen LogP contribution in [0.4, 0.5) is 5.82 Å². The minimum Gasteiger partial charge on any atom is -0.362 e. The molecule has 0 bridgehead atoms. The Morgan fingerprint density at radius 2 is 1.96 bits per heavy atom. The summed E-state index contributed by atoms with van der Waals surface area (Å²) >= 11 is 0. The normalized spacial score (nSPS) is 20.0. The highest BCUT2D eigenvalue weighted by Crippen LogP contribution is 2.29. The van der Waals surface area contributed by atoms with E-state index in [9.17, 15) is 4.79 Å². The first-order valence-electron chi connectivity index (χ1n) is 9.98. The van der Waals surface area contributed by atoms with E-state index in [4.69, 9.17) is 9.97 Å². The van der Waals surface area contributed by atoms with Crippen molar-refractivity contribution >= 4 is 11.7 Å². The third-order valence-electron chi connectivity index (χ3n) is 5.69. The minimum atomic E-state index is 0.107. The van der Waals surface area contributed by atoms with E-state index < -0.39 is 0 Å². The average Bonchev–Trinajstić information content (AvgIpc) is 2.72. The van der Waals surface area contributed by atoms with Gasteiger partial charge in [-0.25, -0.2) is 9.97 Å². The van der Waals surface area contributed by atoms with Crippen LogP contribution in [0.15, 0.2) is 24.5 Å². The van der Waals surface area contributed by atoms with Crippen molar-refractivity contribution < 1.29 is 4.79 Å². The predicted octanol–water partition coefficient (Wildman–Crippen LogP) is 1.83. The standard InChI is InChI=1S/C21H28N6O/c1-25(2)20-17-8-12-27(21(28)16-5-4-11-26(3)13-16)14-18(17)23-19(24-20)15-6-9-22-10-7-15/h6-7,9-10,16H,4-5,8,11-14H2,1-3H3/t16-/m0/s1. The number of carbonyl (C=O) groups is 1. The zero-order valence-corrected chi connectivity index (χ0v) is 16.9. The molecule has 4 heterocycles. The first-order valence-corrected chi connectivity index (χ1v) is 9.98. The summed E-state index contributed by atoms with van der Waals surface area (Å²) in [6.45, 7) is 3.25. The molecule has 7 nitrogen and oxygen atoms in total. The smallest absolute Gasteiger partial charge is 0.227 e. The number of fused-ring (bicyclic) bond motifs is 1. The van der Waals surface area contributed by atoms with Gasteiger partial charge in [0.05, 0.1) is 18.2 Å². The van der Waals surface area contributed by atoms with Crippen LogP contribution >= 0.6 is 0 Å². The summed E-state index contributed by atoms with van der Waals surface area (Å²) in [6.07, 6.45) is 6.39. The van der Waals surface area contributed by atoms with E-state index in [0.29, 0.717) is 12.4 Å². The molecule has 0 saturated carbocycles. The Bertz CT molecular complexity index is 853. The van der Waals surface area contributed by atoms with E-state index in [2.05, 4.69) is 16.9 Å². The highest BCUT2D eigenvalue weighted by Gasteiger charge is 2.32. The maximum absolute atomic E-state index is 13.1. The molecule has 1 fully saturated rings. The van der Waals surface area contributed by atoms with E-state index >= 15 is 0 Å². The summed E-state index contributed by atoms with van der Waals surface area (Å²) in [6, 6.07) is 3.84. The van der Waals surface area contributed by atoms with Crippen molar-refractivity contribution in [3.05, 3.63) is 35.8 Å². The van der Waals surface area contributed by atoms with Gasteiger partial charge >= 0.3 is 0 Å². The highest BCUT2D eigenvalue weighted by atomic mass is 16.2. The first kappa shape index (κ1) is 18.8. The number of carbonyl (C=O) groups excluding carboxylic acids is 1. The second-order valence-electron chi connectivity index (χ2n) is 8.04. The minimum absolute atomic E-state index is 0.107. The Balaban J connectivity index is 1.63. The van der Waals surface area contributed by atoms with Crippen LogP contribution in [0.5, 0.6) is 0 Å². The van der Waals surface area contributed by atoms with Gasteiger partial charge in [0, 0.05) is 50.7 Å². The van der Waals surface area contributed by atoms with Crippen LogP contribution in [-0.2, 0) is 17.8 Å². The van der Waals surface area contributed by atoms with Crippen molar-refractivity contribution in [3.63, 3.8) is 0 Å². The Kier molecular flexibility index (Phi) is 5.26. The molecule has 4 rings (SSSR count). The van der Waals surface area contributed by atoms with Crippen LogP contribution in [0.3, 0.4) is 0 Å². The summed E-state index contributed by atoms with van der Waals surface area (Å²) in [4.78, 5) is 33.2. The molecule has 7 heteroatoms. The molecule has 2 aromatic rings. The Hall–Kier alpha value is -2.54. The monoisotopic (exact) mass is 380 g/mol. The SMILES string of the molecule is CN1CCC[C@H](C(=O)N2CCc3c(nc(-c4ccncc4)nc3N(C)C)C2)C1. The summed E-state index contributed by atoms with van der Waals surface area (Å²) in [5.41, 5.74) is 3.07. The number of nitrogens with zero attached hydrogens (tertiary/aromatic N) is 6. The maximum atomic E-state index is 13.1. The van der Waals surface area contributed by atoms with Crippen LogP contribution < -0.4 is 4.90 Å². The quantitative estimate of drug-likeness (QED) is 0.809. The number of rotatable bonds is 3. The molecule has 1 amide bonds. The second-order valence-corrected chi connectivity index (χ2v) is 8.04. The molecule has 2 aromatic heterocycles. The molecule has 0 radical (unpaired) electrons. The van der Waals surface area contributed by atoms with Crippen LogP contribution in [0.1, 0.15) is 24.1 Å². The number of anilines is 1. The fraction of sp³-hybridized carbons (Fsp3) is 0.524. The number of hydrogen-bond acceptors (Lipinski definition) is 6. The molecule has 0 spiro atoms. The average molecular weight is 380 g/mol. The second kappa shape index (κ2) is 7.83. The number of aromatic nitrogens is 3. The number of pyridine rings is 1. The van der Waals surface area contributed by atoms with Crippen LogP contribution in [0.25, 0.3) is 11.4 Å². The van der Waals surface area contributed by atoms with Crippen molar-refractivity contribution in [2.45, 2.75) is 25.8 Å². The summed E-state index contributed by atoms with van der Waals surface area (Å²) < 4.78 is 0. The highest BCUT2D eigenvalue weighted by molar-refractivity contribution is 5.79. The van der Waals surface area contributed by atoms with Gasteiger partial charge in [-0.1, -0.05) is 0 Å². The largest absolute Gasteiger partial charge is 0.362 e. The molecule has 0 N–H and O–H groups in total. The number of piperidine rings is 1. The van der Waals surface area contributed by atoms with Crippen molar-refractivity contribution in [1.29, 1.82) is 0 Å². The Morgan fingerprint density at radius 1 is 1.18 bits per heavy atom. The summed E-state index contributed by atoms with van der Waals surface area (Å²) in [7, 11) is 6.12. The van der Waals surface area contributed by atoms with Crippen LogP contribution in [0.2, 0.25) is 0 Å². The lowest BCUT2D eigenvalue weighted by atomic mass is 9.95. The van der Waals surface area contributed by atoms with E-state index in [0.717, 1.165) is 61.5 Å². The molecule has 0 unspecified atom stereocenters. The van der Waals surface area contributed by atoms with Gasteiger partial charge in [0.15, 0.2) is 5.82 Å². The molecule has 1 atom stereocenters. The van der Waals surface area contributed by atoms with Gasteiger partial charge in [0.25, 0.3) is 0 Å². The van der Waals surface area contributed by atoms with Gasteiger partial charge in [-0.3, -0.25) is 9.78 Å². The van der Waals surface area contributed by atoms with Crippen molar-refractivity contribution in [2.24, 2.45) is 5.92 Å². The van der Waals surface area contributed by atoms with Gasteiger partial charge in [0.2, 0.25) is 5.91 Å². The van der Waals surface area contributed by atoms with E-state index in [1.165, 1.54) is 0 Å². The summed E-state index contributed by atoms with van der Waals surface area (Å²) in [5.74, 6) is 2.01. The van der Waals surface area contributed by atoms with E-state index in [1.54, 1.807) is 12.4 Å². The lowest BCUT2D eigenvalue weighted by molar-refractivity contribution is -0.138. The lowest BCUT2D eigenvalue weighted by Gasteiger charge is -2.35. The molecule has 148 valence electrons. The Labute approximate surface area is 166 Å². The molecular weight excluding hydrogens is 352 g/mol. The third-order valence-corrected chi connectivity index (χ3v) is 5.69. The lowest BCUT2D eigenvalue weighted by Crippen LogP contribution is -2.45. The molecule has 2 aliphatic rings. The van der Waals surface area contributed by atoms with E-state index in [1.807, 2.05) is 36.0 Å². The molecule has 0 aliphatic carbocycles. The number of hydrogen-bond donors (Lipinski definition) is 0. The van der Waals surface area contributed by atoms with Gasteiger partial charge < -0.3 is 14.7 Å². The molecule has 0 aromatic carbocycles. The third kappa shape index (κ3) is 3.71. The predicted molar refractivity (Wildman–Crippen MR) is 109 cm³/mol. The van der Waals surface area contributed by atoms with Gasteiger partial charge in [0.1, 0.15) is 5.82 Å². The fourth-order valence-corrected chi connectivity index (χ4v) is 4.22. The van der Waals surface area contributed by atoms with Gasteiger partial charge in [-0.05, 0) is 45.0 Å². The summed E-state index contributed by atoms with van der Waals surface area (Å²) in [5, 5.41) is 0. The molecule has 28 heavy (non-hydrogen) atoms. The van der Waals surface area contributed by atoms with Crippen LogP contribution in [0, 0.1) is 5.92 Å². The van der Waals surface area contributed by atoms with Gasteiger partial charge in [-0.15, -0.1) is 0 Å². The van der Waals surface area contributed by atoms with Crippen molar-refractivity contribution in [3.8, 4) is 11.4 Å². The molecule has 2 aliphatic heterocycles. The zero-order chi connectivity index (χ0) is 19.7. The number of amides is 1. The molecular formula is C21H28N6O. The van der Waals surface area contributed by atoms with Crippen LogP contribution in [-0.4, -0.2) is 71.4 Å². The fourth-order valence-electron chi connectivity index (χ4n) is 4.22. The Morgan fingerprint density at radius 3 is 2.68 bits per heavy atom. The first-order chi connectivity index (χ1) is 13.5. The van der Waals surface area contributed by atoms with Crippen molar-refractivity contribution in [1.82, 2.24) is 24.8 Å². The molecule has 1 saturated heterocycles. The van der Waals surface area contributed by atoms with Gasteiger partial charge in [-0.2, -0.15) is 0 Å². The van der Waals surface area contributed by atoms with Crippen molar-refractivity contribution in [2.75, 3.05) is 45.7 Å². The number of likely N-dealkylation sites (tertiary alicyclic amines) is 1. The zero-order valence-electron chi connectivity index (χ0n) is 16.9. The maximum Gasteiger partial charge on any atom is 0.227 e. The topological polar surface area (TPSA) is 65.5 Å². The van der Waals surface area contributed by atoms with E-state index in [-0.39, 0.29) is 11.8 Å².